The highest BCUT2D eigenvalue weighted by Crippen LogP contribution is 2.44. The van der Waals surface area contributed by atoms with Crippen LogP contribution in [0.5, 0.6) is 5.75 Å². The lowest BCUT2D eigenvalue weighted by molar-refractivity contribution is 0.0666. The number of urea groups is 1. The van der Waals surface area contributed by atoms with Crippen LogP contribution in [0.3, 0.4) is 0 Å². The zero-order chi connectivity index (χ0) is 16.8. The van der Waals surface area contributed by atoms with Crippen molar-refractivity contribution in [2.24, 2.45) is 0 Å². The molecular formula is C18H23N3O3. The molecule has 0 aromatic heterocycles. The largest absolute Gasteiger partial charge is 0.496 e. The number of hydrogen-bond donors (Lipinski definition) is 1. The molecule has 3 amide bonds. The van der Waals surface area contributed by atoms with Gasteiger partial charge in [-0.05, 0) is 48.9 Å². The average molecular weight is 329 g/mol. The standard InChI is InChI=1S/C18H23N3O3/c1-20-15-7-8-21(10-14(15)19-18(20)23)17(22)12-5-6-16(24-2)13(9-12)11-3-4-11/h5-6,9,11,14-15H,3-4,7-8,10H2,1-2H3,(H,19,23)/t14-,15+/m1/s1. The molecule has 0 bridgehead atoms. The molecule has 1 aromatic carbocycles. The Labute approximate surface area is 141 Å². The van der Waals surface area contributed by atoms with Gasteiger partial charge in [0.05, 0.1) is 19.2 Å². The van der Waals surface area contributed by atoms with E-state index >= 15 is 0 Å². The van der Waals surface area contributed by atoms with E-state index in [4.69, 9.17) is 4.74 Å². The highest BCUT2D eigenvalue weighted by Gasteiger charge is 2.41. The lowest BCUT2D eigenvalue weighted by Gasteiger charge is -2.35. The molecule has 24 heavy (non-hydrogen) atoms. The summed E-state index contributed by atoms with van der Waals surface area (Å²) in [7, 11) is 3.50. The molecule has 1 aliphatic carbocycles. The van der Waals surface area contributed by atoms with Gasteiger partial charge in [-0.15, -0.1) is 0 Å². The molecule has 6 nitrogen and oxygen atoms in total. The van der Waals surface area contributed by atoms with Gasteiger partial charge in [0.2, 0.25) is 0 Å². The minimum Gasteiger partial charge on any atom is -0.496 e. The van der Waals surface area contributed by atoms with E-state index in [2.05, 4.69) is 5.32 Å². The maximum Gasteiger partial charge on any atom is 0.317 e. The number of likely N-dealkylation sites (tertiary alicyclic amines) is 1. The van der Waals surface area contributed by atoms with Crippen molar-refractivity contribution in [3.05, 3.63) is 29.3 Å². The minimum atomic E-state index is -0.0419. The van der Waals surface area contributed by atoms with Crippen molar-refractivity contribution in [1.29, 1.82) is 0 Å². The third-order valence-electron chi connectivity index (χ3n) is 5.48. The Kier molecular flexibility index (Phi) is 3.62. The summed E-state index contributed by atoms with van der Waals surface area (Å²) in [6, 6.07) is 5.92. The zero-order valence-electron chi connectivity index (χ0n) is 14.1. The lowest BCUT2D eigenvalue weighted by Crippen LogP contribution is -2.52. The smallest absolute Gasteiger partial charge is 0.317 e. The van der Waals surface area contributed by atoms with Gasteiger partial charge in [0.1, 0.15) is 5.75 Å². The summed E-state index contributed by atoms with van der Waals surface area (Å²) in [6.45, 7) is 1.26. The van der Waals surface area contributed by atoms with Crippen LogP contribution >= 0.6 is 0 Å². The second-order valence-corrected chi connectivity index (χ2v) is 7.01. The number of ether oxygens (including phenoxy) is 1. The highest BCUT2D eigenvalue weighted by atomic mass is 16.5. The van der Waals surface area contributed by atoms with Gasteiger partial charge in [-0.2, -0.15) is 0 Å². The number of amides is 3. The normalized spacial score (nSPS) is 26.2. The van der Waals surface area contributed by atoms with E-state index in [0.29, 0.717) is 24.6 Å². The summed E-state index contributed by atoms with van der Waals surface area (Å²) in [6.07, 6.45) is 3.15. The van der Waals surface area contributed by atoms with Crippen molar-refractivity contribution < 1.29 is 14.3 Å². The lowest BCUT2D eigenvalue weighted by atomic mass is 9.98. The topological polar surface area (TPSA) is 61.9 Å². The molecule has 2 atom stereocenters. The predicted octanol–water partition coefficient (Wildman–Crippen LogP) is 1.81. The van der Waals surface area contributed by atoms with Crippen molar-refractivity contribution in [3.8, 4) is 5.75 Å². The van der Waals surface area contributed by atoms with Crippen LogP contribution in [0, 0.1) is 0 Å². The number of likely N-dealkylation sites (N-methyl/N-ethyl adjacent to an activating group) is 1. The molecule has 3 aliphatic rings. The van der Waals surface area contributed by atoms with Gasteiger partial charge in [0.15, 0.2) is 0 Å². The first-order valence-electron chi connectivity index (χ1n) is 8.59. The molecule has 1 aromatic rings. The molecule has 0 spiro atoms. The molecule has 0 radical (unpaired) electrons. The molecule has 0 unspecified atom stereocenters. The van der Waals surface area contributed by atoms with Crippen LogP contribution in [0.1, 0.15) is 41.1 Å². The molecule has 1 saturated carbocycles. The van der Waals surface area contributed by atoms with E-state index in [1.807, 2.05) is 30.1 Å². The molecular weight excluding hydrogens is 306 g/mol. The number of rotatable bonds is 3. The van der Waals surface area contributed by atoms with E-state index in [-0.39, 0.29) is 24.0 Å². The summed E-state index contributed by atoms with van der Waals surface area (Å²) >= 11 is 0. The summed E-state index contributed by atoms with van der Waals surface area (Å²) < 4.78 is 5.43. The summed E-state index contributed by atoms with van der Waals surface area (Å²) in [5.41, 5.74) is 1.86. The van der Waals surface area contributed by atoms with Crippen LogP contribution in [-0.2, 0) is 0 Å². The summed E-state index contributed by atoms with van der Waals surface area (Å²) in [5, 5.41) is 2.97. The molecule has 128 valence electrons. The van der Waals surface area contributed by atoms with Crippen molar-refractivity contribution in [1.82, 2.24) is 15.1 Å². The van der Waals surface area contributed by atoms with E-state index in [0.717, 1.165) is 17.7 Å². The Morgan fingerprint density at radius 3 is 2.79 bits per heavy atom. The number of benzene rings is 1. The first-order valence-corrected chi connectivity index (χ1v) is 8.59. The van der Waals surface area contributed by atoms with Crippen molar-refractivity contribution in [2.45, 2.75) is 37.3 Å². The molecule has 4 rings (SSSR count). The van der Waals surface area contributed by atoms with E-state index in [9.17, 15) is 9.59 Å². The van der Waals surface area contributed by atoms with Crippen molar-refractivity contribution in [3.63, 3.8) is 0 Å². The third kappa shape index (κ3) is 2.50. The predicted molar refractivity (Wildman–Crippen MR) is 89.4 cm³/mol. The molecule has 2 heterocycles. The highest BCUT2D eigenvalue weighted by molar-refractivity contribution is 5.95. The van der Waals surface area contributed by atoms with Crippen molar-refractivity contribution >= 4 is 11.9 Å². The fraction of sp³-hybridized carbons (Fsp3) is 0.556. The van der Waals surface area contributed by atoms with Crippen LogP contribution in [0.15, 0.2) is 18.2 Å². The number of piperidine rings is 1. The third-order valence-corrected chi connectivity index (χ3v) is 5.48. The van der Waals surface area contributed by atoms with Crippen molar-refractivity contribution in [2.75, 3.05) is 27.2 Å². The average Bonchev–Trinajstić information content (AvgIpc) is 3.40. The number of hydrogen-bond acceptors (Lipinski definition) is 3. The fourth-order valence-electron chi connectivity index (χ4n) is 3.90. The molecule has 2 saturated heterocycles. The Hall–Kier alpha value is -2.24. The van der Waals surface area contributed by atoms with E-state index in [1.165, 1.54) is 12.8 Å². The second kappa shape index (κ2) is 5.69. The monoisotopic (exact) mass is 329 g/mol. The van der Waals surface area contributed by atoms with Gasteiger partial charge in [-0.25, -0.2) is 4.79 Å². The number of nitrogens with zero attached hydrogens (tertiary/aromatic N) is 2. The van der Waals surface area contributed by atoms with Gasteiger partial charge in [0, 0.05) is 25.7 Å². The quantitative estimate of drug-likeness (QED) is 0.920. The summed E-state index contributed by atoms with van der Waals surface area (Å²) in [5.74, 6) is 1.44. The van der Waals surface area contributed by atoms with Gasteiger partial charge in [-0.3, -0.25) is 4.79 Å². The van der Waals surface area contributed by atoms with E-state index in [1.54, 1.807) is 12.0 Å². The van der Waals surface area contributed by atoms with Gasteiger partial charge in [-0.1, -0.05) is 0 Å². The van der Waals surface area contributed by atoms with Crippen LogP contribution in [-0.4, -0.2) is 61.1 Å². The molecule has 2 aliphatic heterocycles. The van der Waals surface area contributed by atoms with Crippen LogP contribution in [0.25, 0.3) is 0 Å². The number of carbonyl (C=O) groups is 2. The number of carbonyl (C=O) groups excluding carboxylic acids is 2. The Morgan fingerprint density at radius 2 is 2.08 bits per heavy atom. The summed E-state index contributed by atoms with van der Waals surface area (Å²) in [4.78, 5) is 28.3. The Bertz CT molecular complexity index is 686. The van der Waals surface area contributed by atoms with Gasteiger partial charge in [0.25, 0.3) is 5.91 Å². The SMILES string of the molecule is COc1ccc(C(=O)N2CC[C@H]3[C@@H](C2)NC(=O)N3C)cc1C1CC1. The maximum atomic E-state index is 12.9. The number of methoxy groups -OCH3 is 1. The maximum absolute atomic E-state index is 12.9. The van der Waals surface area contributed by atoms with Gasteiger partial charge < -0.3 is 19.9 Å². The first-order chi connectivity index (χ1) is 11.6. The van der Waals surface area contributed by atoms with E-state index < -0.39 is 0 Å². The molecule has 3 fully saturated rings. The molecule has 6 heteroatoms. The first kappa shape index (κ1) is 15.3. The van der Waals surface area contributed by atoms with Crippen LogP contribution in [0.2, 0.25) is 0 Å². The minimum absolute atomic E-state index is 0.0290. The number of nitrogens with one attached hydrogen (secondary N) is 1. The fourth-order valence-corrected chi connectivity index (χ4v) is 3.90. The zero-order valence-corrected chi connectivity index (χ0v) is 14.1. The van der Waals surface area contributed by atoms with Crippen LogP contribution in [0.4, 0.5) is 4.79 Å². The van der Waals surface area contributed by atoms with Gasteiger partial charge >= 0.3 is 6.03 Å². The Morgan fingerprint density at radius 1 is 1.29 bits per heavy atom. The Balaban J connectivity index is 1.52. The van der Waals surface area contributed by atoms with Crippen LogP contribution < -0.4 is 10.1 Å². The number of fused-ring (bicyclic) bond motifs is 1. The molecule has 1 N–H and O–H groups in total. The second-order valence-electron chi connectivity index (χ2n) is 7.01.